The molecule has 2 aliphatic rings. The number of piperidine rings is 1. The summed E-state index contributed by atoms with van der Waals surface area (Å²) in [6.07, 6.45) is 5.73. The smallest absolute Gasteiger partial charge is 0.182 e. The summed E-state index contributed by atoms with van der Waals surface area (Å²) in [5.41, 5.74) is 5.21. The lowest BCUT2D eigenvalue weighted by Gasteiger charge is -2.30. The number of aliphatic hydroxyl groups excluding tert-OH is 1. The highest BCUT2D eigenvalue weighted by Crippen LogP contribution is 2.40. The molecule has 7 nitrogen and oxygen atoms in total. The lowest BCUT2D eigenvalue weighted by Crippen LogP contribution is -2.36. The minimum atomic E-state index is -0.196. The van der Waals surface area contributed by atoms with Gasteiger partial charge in [0.15, 0.2) is 5.65 Å². The van der Waals surface area contributed by atoms with E-state index in [-0.39, 0.29) is 6.10 Å². The zero-order chi connectivity index (χ0) is 20.8. The molecule has 1 saturated heterocycles. The zero-order valence-electron chi connectivity index (χ0n) is 17.4. The average Bonchev–Trinajstić information content (AvgIpc) is 3.56. The van der Waals surface area contributed by atoms with E-state index in [2.05, 4.69) is 44.5 Å². The molecular weight excluding hydrogens is 388 g/mol. The number of rotatable bonds is 5. The number of pyridine rings is 1. The largest absolute Gasteiger partial charge is 0.393 e. The Morgan fingerprint density at radius 3 is 2.74 bits per heavy atom. The molecular formula is C24H26N6O. The molecule has 1 aliphatic carbocycles. The summed E-state index contributed by atoms with van der Waals surface area (Å²) in [7, 11) is 0. The number of anilines is 2. The SMILES string of the molecule is OC1CCN(c2ccc3ncc(NCc4ccc5[nH]c(C6CC6)cc5c4)nc3n2)CC1. The molecule has 0 atom stereocenters. The maximum Gasteiger partial charge on any atom is 0.182 e. The second-order valence-corrected chi connectivity index (χ2v) is 8.76. The van der Waals surface area contributed by atoms with Crippen LogP contribution in [0.1, 0.15) is 42.9 Å². The highest BCUT2D eigenvalue weighted by Gasteiger charge is 2.25. The van der Waals surface area contributed by atoms with Crippen molar-refractivity contribution in [3.8, 4) is 0 Å². The summed E-state index contributed by atoms with van der Waals surface area (Å²) in [4.78, 5) is 19.7. The molecule has 2 fully saturated rings. The van der Waals surface area contributed by atoms with Crippen molar-refractivity contribution in [1.29, 1.82) is 0 Å². The van der Waals surface area contributed by atoms with Crippen molar-refractivity contribution < 1.29 is 5.11 Å². The van der Waals surface area contributed by atoms with Gasteiger partial charge >= 0.3 is 0 Å². The van der Waals surface area contributed by atoms with E-state index in [9.17, 15) is 5.11 Å². The van der Waals surface area contributed by atoms with E-state index in [1.165, 1.54) is 35.0 Å². The monoisotopic (exact) mass is 414 g/mol. The van der Waals surface area contributed by atoms with Gasteiger partial charge in [0.1, 0.15) is 17.2 Å². The fourth-order valence-electron chi connectivity index (χ4n) is 4.37. The summed E-state index contributed by atoms with van der Waals surface area (Å²) >= 11 is 0. The maximum atomic E-state index is 9.74. The standard InChI is InChI=1S/C24H26N6O/c31-18-7-9-30(10-8-18)23-6-5-20-24(29-23)28-22(14-25-20)26-13-15-1-4-19-17(11-15)12-21(27-19)16-2-3-16/h1,4-6,11-12,14,16,18,27,31H,2-3,7-10,13H2,(H,26,28,29). The first-order chi connectivity index (χ1) is 15.2. The van der Waals surface area contributed by atoms with E-state index < -0.39 is 0 Å². The maximum absolute atomic E-state index is 9.74. The van der Waals surface area contributed by atoms with Gasteiger partial charge in [-0.2, -0.15) is 0 Å². The van der Waals surface area contributed by atoms with Crippen LogP contribution in [0.25, 0.3) is 22.1 Å². The van der Waals surface area contributed by atoms with Gasteiger partial charge in [0.2, 0.25) is 0 Å². The molecule has 4 heterocycles. The van der Waals surface area contributed by atoms with Crippen LogP contribution in [0.2, 0.25) is 0 Å². The number of hydrogen-bond donors (Lipinski definition) is 3. The van der Waals surface area contributed by atoms with Crippen molar-refractivity contribution in [2.24, 2.45) is 0 Å². The Balaban J connectivity index is 1.19. The summed E-state index contributed by atoms with van der Waals surface area (Å²) in [6, 6.07) is 12.8. The van der Waals surface area contributed by atoms with Crippen LogP contribution in [-0.4, -0.2) is 44.2 Å². The summed E-state index contributed by atoms with van der Waals surface area (Å²) in [5.74, 6) is 2.35. The van der Waals surface area contributed by atoms with Gasteiger partial charge in [-0.3, -0.25) is 0 Å². The van der Waals surface area contributed by atoms with Crippen molar-refractivity contribution in [2.75, 3.05) is 23.3 Å². The third-order valence-corrected chi connectivity index (χ3v) is 6.38. The third-order valence-electron chi connectivity index (χ3n) is 6.38. The highest BCUT2D eigenvalue weighted by molar-refractivity contribution is 5.81. The van der Waals surface area contributed by atoms with Gasteiger partial charge < -0.3 is 20.3 Å². The first kappa shape index (κ1) is 18.6. The molecule has 158 valence electrons. The van der Waals surface area contributed by atoms with Gasteiger partial charge in [0, 0.05) is 30.8 Å². The van der Waals surface area contributed by atoms with Gasteiger partial charge in [-0.1, -0.05) is 6.07 Å². The van der Waals surface area contributed by atoms with Gasteiger partial charge in [-0.15, -0.1) is 0 Å². The summed E-state index contributed by atoms with van der Waals surface area (Å²) in [6.45, 7) is 2.31. The zero-order valence-corrected chi connectivity index (χ0v) is 17.4. The van der Waals surface area contributed by atoms with Crippen LogP contribution in [0.3, 0.4) is 0 Å². The molecule has 4 aromatic rings. The predicted molar refractivity (Wildman–Crippen MR) is 122 cm³/mol. The molecule has 1 aromatic carbocycles. The Hall–Kier alpha value is -3.19. The topological polar surface area (TPSA) is 90.0 Å². The fourth-order valence-corrected chi connectivity index (χ4v) is 4.37. The average molecular weight is 415 g/mol. The Bertz CT molecular complexity index is 1240. The summed E-state index contributed by atoms with van der Waals surface area (Å²) < 4.78 is 0. The van der Waals surface area contributed by atoms with Crippen LogP contribution in [-0.2, 0) is 6.54 Å². The fraction of sp³-hybridized carbons (Fsp3) is 0.375. The first-order valence-corrected chi connectivity index (χ1v) is 11.1. The Morgan fingerprint density at radius 2 is 1.90 bits per heavy atom. The quantitative estimate of drug-likeness (QED) is 0.458. The number of nitrogens with zero attached hydrogens (tertiary/aromatic N) is 4. The van der Waals surface area contributed by atoms with E-state index >= 15 is 0 Å². The van der Waals surface area contributed by atoms with Gasteiger partial charge in [-0.25, -0.2) is 15.0 Å². The molecule has 6 rings (SSSR count). The second-order valence-electron chi connectivity index (χ2n) is 8.76. The van der Waals surface area contributed by atoms with E-state index in [4.69, 9.17) is 9.97 Å². The Morgan fingerprint density at radius 1 is 1.03 bits per heavy atom. The number of aliphatic hydroxyl groups is 1. The number of benzene rings is 1. The molecule has 1 aliphatic heterocycles. The molecule has 0 bridgehead atoms. The molecule has 31 heavy (non-hydrogen) atoms. The number of fused-ring (bicyclic) bond motifs is 2. The van der Waals surface area contributed by atoms with Crippen LogP contribution < -0.4 is 10.2 Å². The van der Waals surface area contributed by atoms with Crippen LogP contribution in [0.4, 0.5) is 11.6 Å². The van der Waals surface area contributed by atoms with Gasteiger partial charge in [-0.05, 0) is 72.9 Å². The lowest BCUT2D eigenvalue weighted by molar-refractivity contribution is 0.145. The number of nitrogens with one attached hydrogen (secondary N) is 2. The van der Waals surface area contributed by atoms with Gasteiger partial charge in [0.05, 0.1) is 12.3 Å². The first-order valence-electron chi connectivity index (χ1n) is 11.1. The minimum Gasteiger partial charge on any atom is -0.393 e. The van der Waals surface area contributed by atoms with Crippen molar-refractivity contribution >= 4 is 33.7 Å². The molecule has 0 radical (unpaired) electrons. The minimum absolute atomic E-state index is 0.196. The lowest BCUT2D eigenvalue weighted by atomic mass is 10.1. The molecule has 7 heteroatoms. The van der Waals surface area contributed by atoms with E-state index in [1.807, 2.05) is 12.1 Å². The van der Waals surface area contributed by atoms with Crippen molar-refractivity contribution in [3.63, 3.8) is 0 Å². The van der Waals surface area contributed by atoms with E-state index in [1.54, 1.807) is 6.20 Å². The number of aromatic nitrogens is 4. The Labute approximate surface area is 180 Å². The van der Waals surface area contributed by atoms with Crippen LogP contribution in [0.5, 0.6) is 0 Å². The van der Waals surface area contributed by atoms with Crippen LogP contribution in [0, 0.1) is 0 Å². The number of aromatic amines is 1. The van der Waals surface area contributed by atoms with E-state index in [0.717, 1.165) is 49.0 Å². The molecule has 0 unspecified atom stereocenters. The van der Waals surface area contributed by atoms with E-state index in [0.29, 0.717) is 12.2 Å². The molecule has 3 aromatic heterocycles. The van der Waals surface area contributed by atoms with Crippen molar-refractivity contribution in [2.45, 2.75) is 44.2 Å². The second kappa shape index (κ2) is 7.50. The summed E-state index contributed by atoms with van der Waals surface area (Å²) in [5, 5.41) is 14.4. The molecule has 0 spiro atoms. The number of hydrogen-bond acceptors (Lipinski definition) is 6. The third kappa shape index (κ3) is 3.81. The van der Waals surface area contributed by atoms with Crippen molar-refractivity contribution in [1.82, 2.24) is 19.9 Å². The molecule has 0 amide bonds. The number of H-pyrrole nitrogens is 1. The van der Waals surface area contributed by atoms with Gasteiger partial charge in [0.25, 0.3) is 0 Å². The van der Waals surface area contributed by atoms with Crippen LogP contribution >= 0.6 is 0 Å². The van der Waals surface area contributed by atoms with Crippen molar-refractivity contribution in [3.05, 3.63) is 53.9 Å². The highest BCUT2D eigenvalue weighted by atomic mass is 16.3. The normalized spacial score (nSPS) is 17.5. The predicted octanol–water partition coefficient (Wildman–Crippen LogP) is 3.96. The molecule has 1 saturated carbocycles. The Kier molecular flexibility index (Phi) is 4.49. The van der Waals surface area contributed by atoms with Crippen LogP contribution in [0.15, 0.2) is 42.6 Å². The molecule has 3 N–H and O–H groups in total.